The molecule has 2 heterocycles. The van der Waals surface area contributed by atoms with Crippen molar-refractivity contribution >= 4 is 39.1 Å². The molecule has 0 aliphatic rings. The van der Waals surface area contributed by atoms with Gasteiger partial charge in [-0.3, -0.25) is 0 Å². The molecule has 3 rings (SSSR count). The molecule has 3 aromatic rings. The molecule has 1 aromatic carbocycles. The van der Waals surface area contributed by atoms with E-state index in [1.807, 2.05) is 49.5 Å². The average Bonchev–Trinajstić information content (AvgIpc) is 2.83. The number of halogens is 2. The molecule has 4 nitrogen and oxygen atoms in total. The Balaban J connectivity index is 1.87. The van der Waals surface area contributed by atoms with Crippen molar-refractivity contribution in [2.45, 2.75) is 13.0 Å². The van der Waals surface area contributed by atoms with Gasteiger partial charge >= 0.3 is 0 Å². The number of anilines is 1. The lowest BCUT2D eigenvalue weighted by atomic mass is 10.1. The maximum atomic E-state index is 6.01. The molecule has 0 fully saturated rings. The van der Waals surface area contributed by atoms with E-state index in [2.05, 4.69) is 31.3 Å². The Bertz CT molecular complexity index is 756. The summed E-state index contributed by atoms with van der Waals surface area (Å²) in [5.74, 6) is 0.587. The quantitative estimate of drug-likeness (QED) is 0.764. The molecule has 0 radical (unpaired) electrons. The third-order valence-electron chi connectivity index (χ3n) is 3.01. The first-order chi connectivity index (χ1) is 9.63. The van der Waals surface area contributed by atoms with E-state index in [9.17, 15) is 0 Å². The smallest absolute Gasteiger partial charge is 0.243 e. The molecule has 0 spiro atoms. The minimum Gasteiger partial charge on any atom is -0.346 e. The van der Waals surface area contributed by atoms with Gasteiger partial charge in [-0.1, -0.05) is 23.7 Å². The highest BCUT2D eigenvalue weighted by Crippen LogP contribution is 2.22. The number of hydrogen-bond acceptors (Lipinski definition) is 3. The Morgan fingerprint density at radius 3 is 2.90 bits per heavy atom. The van der Waals surface area contributed by atoms with Gasteiger partial charge in [-0.25, -0.2) is 4.52 Å². The number of rotatable bonds is 3. The number of nitrogens with one attached hydrogen (secondary N) is 1. The molecule has 1 unspecified atom stereocenters. The predicted molar refractivity (Wildman–Crippen MR) is 84.2 cm³/mol. The van der Waals surface area contributed by atoms with Gasteiger partial charge in [0.05, 0.1) is 10.5 Å². The fraction of sp³-hybridized carbons (Fsp3) is 0.143. The standard InChI is InChI=1S/C14H12BrClN4/c1-9(10-4-2-5-11(16)8-10)17-14-18-13-12(15)6-3-7-20(13)19-14/h2-9H,1H3,(H,17,19). The highest BCUT2D eigenvalue weighted by molar-refractivity contribution is 9.10. The van der Waals surface area contributed by atoms with Crippen molar-refractivity contribution in [2.75, 3.05) is 5.32 Å². The van der Waals surface area contributed by atoms with Crippen LogP contribution in [0.3, 0.4) is 0 Å². The van der Waals surface area contributed by atoms with Crippen LogP contribution in [0.2, 0.25) is 5.02 Å². The van der Waals surface area contributed by atoms with Gasteiger partial charge in [-0.05, 0) is 52.7 Å². The molecule has 2 aromatic heterocycles. The van der Waals surface area contributed by atoms with Gasteiger partial charge in [-0.2, -0.15) is 4.98 Å². The van der Waals surface area contributed by atoms with Gasteiger partial charge in [0.2, 0.25) is 5.95 Å². The maximum absolute atomic E-state index is 6.01. The van der Waals surface area contributed by atoms with E-state index in [-0.39, 0.29) is 6.04 Å². The van der Waals surface area contributed by atoms with E-state index < -0.39 is 0 Å². The molecule has 0 bridgehead atoms. The second-order valence-electron chi connectivity index (χ2n) is 4.48. The second kappa shape index (κ2) is 5.42. The normalized spacial score (nSPS) is 12.6. The molecular formula is C14H12BrClN4. The van der Waals surface area contributed by atoms with Crippen LogP contribution in [0.4, 0.5) is 5.95 Å². The monoisotopic (exact) mass is 350 g/mol. The molecule has 0 aliphatic heterocycles. The zero-order chi connectivity index (χ0) is 14.1. The van der Waals surface area contributed by atoms with Crippen LogP contribution in [0.25, 0.3) is 5.65 Å². The highest BCUT2D eigenvalue weighted by Gasteiger charge is 2.10. The summed E-state index contributed by atoms with van der Waals surface area (Å²) in [5, 5.41) is 8.40. The first-order valence-corrected chi connectivity index (χ1v) is 7.33. The predicted octanol–water partition coefficient (Wildman–Crippen LogP) is 4.32. The Morgan fingerprint density at radius 1 is 1.30 bits per heavy atom. The fourth-order valence-electron chi connectivity index (χ4n) is 1.99. The molecule has 20 heavy (non-hydrogen) atoms. The number of aromatic nitrogens is 3. The summed E-state index contributed by atoms with van der Waals surface area (Å²) < 4.78 is 2.65. The third kappa shape index (κ3) is 2.64. The summed E-state index contributed by atoms with van der Waals surface area (Å²) in [6, 6.07) is 11.7. The SMILES string of the molecule is CC(Nc1nc2c(Br)cccn2n1)c1cccc(Cl)c1. The van der Waals surface area contributed by atoms with Crippen LogP contribution in [0.1, 0.15) is 18.5 Å². The first kappa shape index (κ1) is 13.4. The minimum absolute atomic E-state index is 0.0740. The van der Waals surface area contributed by atoms with Crippen molar-refractivity contribution in [1.29, 1.82) is 0 Å². The molecule has 0 amide bonds. The molecule has 102 valence electrons. The molecule has 0 saturated carbocycles. The average molecular weight is 352 g/mol. The van der Waals surface area contributed by atoms with E-state index >= 15 is 0 Å². The molecule has 0 saturated heterocycles. The van der Waals surface area contributed by atoms with Gasteiger partial charge in [0.15, 0.2) is 5.65 Å². The topological polar surface area (TPSA) is 42.2 Å². The summed E-state index contributed by atoms with van der Waals surface area (Å²) >= 11 is 9.47. The zero-order valence-corrected chi connectivity index (χ0v) is 13.1. The third-order valence-corrected chi connectivity index (χ3v) is 3.86. The van der Waals surface area contributed by atoms with E-state index in [4.69, 9.17) is 11.6 Å². The number of fused-ring (bicyclic) bond motifs is 1. The molecule has 0 aliphatic carbocycles. The molecule has 1 atom stereocenters. The van der Waals surface area contributed by atoms with E-state index in [1.54, 1.807) is 4.52 Å². The van der Waals surface area contributed by atoms with Crippen LogP contribution in [-0.4, -0.2) is 14.6 Å². The van der Waals surface area contributed by atoms with Gasteiger partial charge in [0, 0.05) is 11.2 Å². The van der Waals surface area contributed by atoms with Crippen molar-refractivity contribution in [1.82, 2.24) is 14.6 Å². The summed E-state index contributed by atoms with van der Waals surface area (Å²) in [7, 11) is 0. The van der Waals surface area contributed by atoms with Crippen LogP contribution in [-0.2, 0) is 0 Å². The Kier molecular flexibility index (Phi) is 3.63. The van der Waals surface area contributed by atoms with Crippen molar-refractivity contribution in [3.63, 3.8) is 0 Å². The van der Waals surface area contributed by atoms with Crippen LogP contribution in [0.5, 0.6) is 0 Å². The van der Waals surface area contributed by atoms with E-state index in [0.717, 1.165) is 20.7 Å². The summed E-state index contributed by atoms with van der Waals surface area (Å²) in [4.78, 5) is 4.46. The highest BCUT2D eigenvalue weighted by atomic mass is 79.9. The lowest BCUT2D eigenvalue weighted by molar-refractivity contribution is 0.853. The van der Waals surface area contributed by atoms with E-state index in [1.165, 1.54) is 0 Å². The van der Waals surface area contributed by atoms with Crippen molar-refractivity contribution in [3.05, 3.63) is 57.7 Å². The number of hydrogen-bond donors (Lipinski definition) is 1. The Morgan fingerprint density at radius 2 is 2.15 bits per heavy atom. The van der Waals surface area contributed by atoms with Crippen LogP contribution < -0.4 is 5.32 Å². The van der Waals surface area contributed by atoms with Crippen molar-refractivity contribution in [3.8, 4) is 0 Å². The van der Waals surface area contributed by atoms with Crippen molar-refractivity contribution < 1.29 is 0 Å². The summed E-state index contributed by atoms with van der Waals surface area (Å²) in [6.45, 7) is 2.05. The first-order valence-electron chi connectivity index (χ1n) is 6.16. The second-order valence-corrected chi connectivity index (χ2v) is 5.77. The summed E-state index contributed by atoms with van der Waals surface area (Å²) in [5.41, 5.74) is 1.88. The zero-order valence-electron chi connectivity index (χ0n) is 10.7. The fourth-order valence-corrected chi connectivity index (χ4v) is 2.61. The van der Waals surface area contributed by atoms with E-state index in [0.29, 0.717) is 5.95 Å². The Hall–Kier alpha value is -1.59. The Labute approximate surface area is 129 Å². The van der Waals surface area contributed by atoms with Crippen LogP contribution >= 0.6 is 27.5 Å². The van der Waals surface area contributed by atoms with Gasteiger partial charge in [0.1, 0.15) is 0 Å². The largest absolute Gasteiger partial charge is 0.346 e. The molecule has 6 heteroatoms. The number of benzene rings is 1. The van der Waals surface area contributed by atoms with Gasteiger partial charge in [0.25, 0.3) is 0 Å². The van der Waals surface area contributed by atoms with Crippen LogP contribution in [0, 0.1) is 0 Å². The molecule has 1 N–H and O–H groups in total. The van der Waals surface area contributed by atoms with Gasteiger partial charge in [-0.15, -0.1) is 5.10 Å². The molecular weight excluding hydrogens is 340 g/mol. The summed E-state index contributed by atoms with van der Waals surface area (Å²) in [6.07, 6.45) is 1.86. The van der Waals surface area contributed by atoms with Gasteiger partial charge < -0.3 is 5.32 Å². The van der Waals surface area contributed by atoms with Crippen molar-refractivity contribution in [2.24, 2.45) is 0 Å². The lowest BCUT2D eigenvalue weighted by Gasteiger charge is -2.12. The maximum Gasteiger partial charge on any atom is 0.243 e. The minimum atomic E-state index is 0.0740. The number of pyridine rings is 1. The number of nitrogens with zero attached hydrogens (tertiary/aromatic N) is 3. The lowest BCUT2D eigenvalue weighted by Crippen LogP contribution is -2.07. The van der Waals surface area contributed by atoms with Crippen LogP contribution in [0.15, 0.2) is 47.1 Å².